The van der Waals surface area contributed by atoms with Crippen molar-refractivity contribution in [1.82, 2.24) is 15.3 Å². The van der Waals surface area contributed by atoms with Gasteiger partial charge in [-0.1, -0.05) is 41.5 Å². The summed E-state index contributed by atoms with van der Waals surface area (Å²) < 4.78 is 0.275. The summed E-state index contributed by atoms with van der Waals surface area (Å²) in [7, 11) is 1.54. The molecule has 0 fully saturated rings. The van der Waals surface area contributed by atoms with Crippen LogP contribution in [-0.2, 0) is 4.79 Å². The van der Waals surface area contributed by atoms with Gasteiger partial charge in [-0.15, -0.1) is 0 Å². The first-order chi connectivity index (χ1) is 10.4. The Kier molecular flexibility index (Phi) is 5.18. The molecule has 0 aliphatic carbocycles. The third-order valence-electron chi connectivity index (χ3n) is 2.83. The van der Waals surface area contributed by atoms with E-state index < -0.39 is 0 Å². The Morgan fingerprint density at radius 1 is 1.41 bits per heavy atom. The van der Waals surface area contributed by atoms with Crippen molar-refractivity contribution in [2.45, 2.75) is 0 Å². The van der Waals surface area contributed by atoms with Crippen molar-refractivity contribution in [3.05, 3.63) is 44.5 Å². The van der Waals surface area contributed by atoms with E-state index in [2.05, 4.69) is 15.3 Å². The Hall–Kier alpha value is -1.89. The standard InChI is InChI=1S/C14H12Cl2N4OS/c1-18-11(21)5-3-8-12(19-14(17)20-13(8)22)7-2-4-9(15)10(16)6-7/h2-6H,1H3,(H,18,21)(H3,17,19,20,22)/b5-3+. The largest absolute Gasteiger partial charge is 0.369 e. The summed E-state index contributed by atoms with van der Waals surface area (Å²) in [5.41, 5.74) is 7.62. The zero-order valence-corrected chi connectivity index (χ0v) is 13.8. The van der Waals surface area contributed by atoms with Crippen LogP contribution in [0.4, 0.5) is 5.95 Å². The molecule has 0 aliphatic heterocycles. The molecular formula is C14H12Cl2N4OS. The first kappa shape index (κ1) is 16.5. The molecule has 8 heteroatoms. The molecule has 5 nitrogen and oxygen atoms in total. The molecule has 2 rings (SSSR count). The maximum Gasteiger partial charge on any atom is 0.243 e. The molecule has 0 spiro atoms. The lowest BCUT2D eigenvalue weighted by atomic mass is 10.1. The van der Waals surface area contributed by atoms with Crippen LogP contribution in [0.3, 0.4) is 0 Å². The topological polar surface area (TPSA) is 83.8 Å². The molecule has 0 bridgehead atoms. The number of aromatic nitrogens is 2. The number of H-pyrrole nitrogens is 1. The predicted octanol–water partition coefficient (Wildman–Crippen LogP) is 3.45. The van der Waals surface area contributed by atoms with Gasteiger partial charge in [0.1, 0.15) is 4.64 Å². The van der Waals surface area contributed by atoms with Crippen LogP contribution in [0.5, 0.6) is 0 Å². The van der Waals surface area contributed by atoms with Gasteiger partial charge in [0, 0.05) is 24.3 Å². The van der Waals surface area contributed by atoms with Crippen molar-refractivity contribution < 1.29 is 4.79 Å². The van der Waals surface area contributed by atoms with Gasteiger partial charge in [-0.25, -0.2) is 4.98 Å². The SMILES string of the molecule is CNC(=O)/C=C/c1c(-c2ccc(Cl)c(Cl)c2)[nH]c(N)nc1=S. The van der Waals surface area contributed by atoms with Gasteiger partial charge in [-0.05, 0) is 18.2 Å². The van der Waals surface area contributed by atoms with E-state index in [1.807, 2.05) is 0 Å². The van der Waals surface area contributed by atoms with Gasteiger partial charge >= 0.3 is 0 Å². The average molecular weight is 355 g/mol. The molecule has 2 aromatic rings. The maximum atomic E-state index is 11.4. The van der Waals surface area contributed by atoms with Crippen LogP contribution in [0, 0.1) is 4.64 Å². The normalized spacial score (nSPS) is 10.9. The van der Waals surface area contributed by atoms with Gasteiger partial charge in [0.15, 0.2) is 5.95 Å². The van der Waals surface area contributed by atoms with E-state index in [1.54, 1.807) is 24.3 Å². The van der Waals surface area contributed by atoms with E-state index in [4.69, 9.17) is 41.2 Å². The van der Waals surface area contributed by atoms with E-state index in [1.165, 1.54) is 13.1 Å². The van der Waals surface area contributed by atoms with E-state index in [-0.39, 0.29) is 16.5 Å². The van der Waals surface area contributed by atoms with Crippen LogP contribution in [0.15, 0.2) is 24.3 Å². The molecule has 22 heavy (non-hydrogen) atoms. The van der Waals surface area contributed by atoms with E-state index in [0.717, 1.165) is 5.56 Å². The second-order valence-electron chi connectivity index (χ2n) is 4.29. The number of nitrogens with two attached hydrogens (primary N) is 1. The quantitative estimate of drug-likeness (QED) is 0.582. The third-order valence-corrected chi connectivity index (χ3v) is 3.88. The highest BCUT2D eigenvalue weighted by atomic mass is 35.5. The Morgan fingerprint density at radius 2 is 2.14 bits per heavy atom. The molecule has 0 saturated carbocycles. The summed E-state index contributed by atoms with van der Waals surface area (Å²) in [6.45, 7) is 0. The van der Waals surface area contributed by atoms with Crippen LogP contribution in [0.2, 0.25) is 10.0 Å². The Morgan fingerprint density at radius 3 is 2.77 bits per heavy atom. The highest BCUT2D eigenvalue weighted by molar-refractivity contribution is 7.71. The number of nitrogen functional groups attached to an aromatic ring is 1. The number of likely N-dealkylation sites (N-methyl/N-ethyl adjacent to an activating group) is 1. The first-order valence-electron chi connectivity index (χ1n) is 6.17. The van der Waals surface area contributed by atoms with Crippen LogP contribution >= 0.6 is 35.4 Å². The number of hydrogen-bond acceptors (Lipinski definition) is 4. The highest BCUT2D eigenvalue weighted by Gasteiger charge is 2.10. The molecular weight excluding hydrogens is 343 g/mol. The van der Waals surface area contributed by atoms with Crippen molar-refractivity contribution in [2.75, 3.05) is 12.8 Å². The summed E-state index contributed by atoms with van der Waals surface area (Å²) in [6, 6.07) is 5.12. The van der Waals surface area contributed by atoms with Crippen molar-refractivity contribution in [3.63, 3.8) is 0 Å². The summed E-state index contributed by atoms with van der Waals surface area (Å²) in [6.07, 6.45) is 2.93. The number of anilines is 1. The molecule has 114 valence electrons. The lowest BCUT2D eigenvalue weighted by Crippen LogP contribution is -2.14. The van der Waals surface area contributed by atoms with Crippen LogP contribution in [-0.4, -0.2) is 22.9 Å². The summed E-state index contributed by atoms with van der Waals surface area (Å²) in [5.74, 6) is -0.0884. The smallest absolute Gasteiger partial charge is 0.243 e. The lowest BCUT2D eigenvalue weighted by Gasteiger charge is -2.09. The van der Waals surface area contributed by atoms with Crippen LogP contribution in [0.1, 0.15) is 5.56 Å². The molecule has 4 N–H and O–H groups in total. The fraction of sp³-hybridized carbons (Fsp3) is 0.0714. The molecule has 1 aromatic carbocycles. The van der Waals surface area contributed by atoms with Crippen LogP contribution in [0.25, 0.3) is 17.3 Å². The number of amides is 1. The van der Waals surface area contributed by atoms with E-state index in [0.29, 0.717) is 21.3 Å². The Bertz CT molecular complexity index is 817. The van der Waals surface area contributed by atoms with Crippen molar-refractivity contribution in [3.8, 4) is 11.3 Å². The van der Waals surface area contributed by atoms with E-state index in [9.17, 15) is 4.79 Å². The molecule has 1 heterocycles. The third kappa shape index (κ3) is 3.65. The Balaban J connectivity index is 2.63. The number of carbonyl (C=O) groups excluding carboxylic acids is 1. The second kappa shape index (κ2) is 6.91. The molecule has 1 aromatic heterocycles. The molecule has 0 radical (unpaired) electrons. The second-order valence-corrected chi connectivity index (χ2v) is 5.49. The molecule has 0 atom stereocenters. The van der Waals surface area contributed by atoms with Gasteiger partial charge in [-0.2, -0.15) is 0 Å². The minimum absolute atomic E-state index is 0.170. The predicted molar refractivity (Wildman–Crippen MR) is 92.4 cm³/mol. The fourth-order valence-electron chi connectivity index (χ4n) is 1.78. The zero-order chi connectivity index (χ0) is 16.3. The number of rotatable bonds is 3. The van der Waals surface area contributed by atoms with Gasteiger partial charge in [-0.3, -0.25) is 4.79 Å². The number of halogens is 2. The highest BCUT2D eigenvalue weighted by Crippen LogP contribution is 2.30. The van der Waals surface area contributed by atoms with Crippen LogP contribution < -0.4 is 11.1 Å². The molecule has 0 saturated heterocycles. The van der Waals surface area contributed by atoms with Gasteiger partial charge < -0.3 is 16.0 Å². The minimum Gasteiger partial charge on any atom is -0.369 e. The number of carbonyl (C=O) groups is 1. The fourth-order valence-corrected chi connectivity index (χ4v) is 2.34. The summed E-state index contributed by atoms with van der Waals surface area (Å²) in [4.78, 5) is 18.3. The van der Waals surface area contributed by atoms with Gasteiger partial charge in [0.05, 0.1) is 15.7 Å². The summed E-state index contributed by atoms with van der Waals surface area (Å²) in [5, 5.41) is 3.32. The maximum absolute atomic E-state index is 11.4. The van der Waals surface area contributed by atoms with Gasteiger partial charge in [0.2, 0.25) is 5.91 Å². The number of nitrogens with zero attached hydrogens (tertiary/aromatic N) is 1. The zero-order valence-electron chi connectivity index (χ0n) is 11.5. The lowest BCUT2D eigenvalue weighted by molar-refractivity contribution is -0.115. The monoisotopic (exact) mass is 354 g/mol. The first-order valence-corrected chi connectivity index (χ1v) is 7.33. The van der Waals surface area contributed by atoms with Gasteiger partial charge in [0.25, 0.3) is 0 Å². The molecule has 1 amide bonds. The average Bonchev–Trinajstić information content (AvgIpc) is 2.48. The summed E-state index contributed by atoms with van der Waals surface area (Å²) >= 11 is 17.2. The molecule has 0 aliphatic rings. The van der Waals surface area contributed by atoms with Crippen molar-refractivity contribution >= 4 is 53.4 Å². The number of benzene rings is 1. The van der Waals surface area contributed by atoms with Crippen molar-refractivity contribution in [2.24, 2.45) is 0 Å². The number of hydrogen-bond donors (Lipinski definition) is 3. The van der Waals surface area contributed by atoms with Crippen molar-refractivity contribution in [1.29, 1.82) is 0 Å². The molecule has 0 unspecified atom stereocenters. The number of nitrogens with one attached hydrogen (secondary N) is 2. The minimum atomic E-state index is -0.258. The Labute approximate surface area is 142 Å². The number of aromatic amines is 1. The van der Waals surface area contributed by atoms with E-state index >= 15 is 0 Å².